The summed E-state index contributed by atoms with van der Waals surface area (Å²) in [6.45, 7) is 8.04. The number of fused-ring (bicyclic) bond motifs is 2. The summed E-state index contributed by atoms with van der Waals surface area (Å²) in [5.41, 5.74) is 16.8. The lowest BCUT2D eigenvalue weighted by molar-refractivity contribution is 0.00578. The van der Waals surface area contributed by atoms with Crippen LogP contribution in [0.4, 0.5) is 29.5 Å². The summed E-state index contributed by atoms with van der Waals surface area (Å²) in [5, 5.41) is 8.69. The van der Waals surface area contributed by atoms with Crippen molar-refractivity contribution >= 4 is 51.7 Å². The molecule has 8 aromatic heterocycles. The van der Waals surface area contributed by atoms with Gasteiger partial charge in [-0.2, -0.15) is 9.03 Å². The topological polar surface area (TPSA) is 226 Å². The van der Waals surface area contributed by atoms with E-state index in [1.54, 1.807) is 62.9 Å². The molecule has 24 heteroatoms. The van der Waals surface area contributed by atoms with Crippen LogP contribution in [0.2, 0.25) is 0 Å². The van der Waals surface area contributed by atoms with Gasteiger partial charge in [-0.3, -0.25) is 19.6 Å². The molecule has 10 aromatic rings. The summed E-state index contributed by atoms with van der Waals surface area (Å²) >= 11 is 3.46. The molecule has 11 rings (SSSR count). The molecule has 1 saturated heterocycles. The second kappa shape index (κ2) is 23.0. The zero-order valence-electron chi connectivity index (χ0n) is 41.6. The molecule has 1 aliphatic rings. The fourth-order valence-corrected chi connectivity index (χ4v) is 8.45. The molecule has 0 unspecified atom stereocenters. The van der Waals surface area contributed by atoms with Gasteiger partial charge in [-0.05, 0) is 128 Å². The molecule has 0 saturated carbocycles. The Kier molecular flexibility index (Phi) is 16.9. The summed E-state index contributed by atoms with van der Waals surface area (Å²) < 4.78 is 72.7. The Hall–Kier alpha value is -8.48. The first kappa shape index (κ1) is 57.2. The Balaban J connectivity index is 0.000000176. The standard InChI is InChI=1S/C23H17F2N7O.C17H11BrF2N6.C12H18BNO3.2CH4/c1-31-12-14(6-9-19(31)33)20-21(13-4-7-15(24)8-5-13)29-23(26)32-22(20)28-18(30-32)11-17-16(25)3-2-10-27-17;18-14-15(9-3-5-10(19)6-4-9)24-17(21)26-16(14)23-13(25-26)8-12-11(20)2-1-7-22-12;1-11(2)12(3,4)17-13(16-11)9-6-7-10(15)14(5)8-9;;/h2-10,12H,11H2,1H3,(H2,26,29);1-7H,8H2,(H2,21,24);6-8H,1-5H3;2*1H4. The first-order chi connectivity index (χ1) is 36.2. The van der Waals surface area contributed by atoms with Crippen LogP contribution in [0, 0.1) is 23.3 Å². The van der Waals surface area contributed by atoms with Crippen molar-refractivity contribution < 1.29 is 26.9 Å². The van der Waals surface area contributed by atoms with E-state index < -0.39 is 24.6 Å². The fourth-order valence-electron chi connectivity index (χ4n) is 7.88. The minimum Gasteiger partial charge on any atom is -0.399 e. The third-order valence-electron chi connectivity index (χ3n) is 12.6. The van der Waals surface area contributed by atoms with Gasteiger partial charge in [0.15, 0.2) is 22.9 Å². The van der Waals surface area contributed by atoms with E-state index in [4.69, 9.17) is 20.8 Å². The molecule has 0 aliphatic carbocycles. The van der Waals surface area contributed by atoms with Crippen molar-refractivity contribution in [2.75, 3.05) is 11.5 Å². The maximum Gasteiger partial charge on any atom is 0.496 e. The highest BCUT2D eigenvalue weighted by Crippen LogP contribution is 2.37. The Morgan fingerprint density at radius 1 is 0.577 bits per heavy atom. The number of nitrogens with two attached hydrogens (primary N) is 2. The van der Waals surface area contributed by atoms with Gasteiger partial charge < -0.3 is 29.9 Å². The molecule has 4 N–H and O–H groups in total. The van der Waals surface area contributed by atoms with Crippen molar-refractivity contribution in [2.45, 2.75) is 66.6 Å². The number of hydrogen-bond donors (Lipinski definition) is 2. The number of rotatable bonds is 8. The largest absolute Gasteiger partial charge is 0.496 e. The predicted molar refractivity (Wildman–Crippen MR) is 294 cm³/mol. The van der Waals surface area contributed by atoms with Gasteiger partial charge in [0, 0.05) is 67.7 Å². The van der Waals surface area contributed by atoms with Gasteiger partial charge in [0.25, 0.3) is 0 Å². The number of anilines is 2. The van der Waals surface area contributed by atoms with Crippen molar-refractivity contribution in [3.63, 3.8) is 0 Å². The van der Waals surface area contributed by atoms with Crippen molar-refractivity contribution in [3.8, 4) is 33.6 Å². The maximum atomic E-state index is 14.1. The molecular formula is C54H54BBrF4N14O4. The number of aryl methyl sites for hydroxylation is 2. The highest BCUT2D eigenvalue weighted by Gasteiger charge is 2.51. The average molecular weight is 1130 g/mol. The fraction of sp³-hybridized carbons (Fsp3) is 0.222. The predicted octanol–water partition coefficient (Wildman–Crippen LogP) is 8.36. The summed E-state index contributed by atoms with van der Waals surface area (Å²) in [6.07, 6.45) is 6.57. The van der Waals surface area contributed by atoms with Crippen LogP contribution >= 0.6 is 15.9 Å². The Morgan fingerprint density at radius 3 is 1.50 bits per heavy atom. The summed E-state index contributed by atoms with van der Waals surface area (Å²) in [4.78, 5) is 49.2. The lowest BCUT2D eigenvalue weighted by Gasteiger charge is -2.32. The van der Waals surface area contributed by atoms with Crippen LogP contribution < -0.4 is 28.0 Å². The van der Waals surface area contributed by atoms with Gasteiger partial charge in [-0.1, -0.05) is 20.9 Å². The third kappa shape index (κ3) is 11.9. The van der Waals surface area contributed by atoms with Gasteiger partial charge in [-0.15, -0.1) is 10.2 Å². The first-order valence-electron chi connectivity index (χ1n) is 23.3. The molecule has 0 radical (unpaired) electrons. The molecule has 0 bridgehead atoms. The van der Waals surface area contributed by atoms with Crippen LogP contribution in [-0.4, -0.2) is 76.6 Å². The summed E-state index contributed by atoms with van der Waals surface area (Å²) in [7, 11) is 2.94. The number of nitrogen functional groups attached to an aromatic ring is 2. The lowest BCUT2D eigenvalue weighted by atomic mass is 9.80. The van der Waals surface area contributed by atoms with E-state index >= 15 is 0 Å². The lowest BCUT2D eigenvalue weighted by Crippen LogP contribution is -2.41. The smallest absolute Gasteiger partial charge is 0.399 e. The van der Waals surface area contributed by atoms with Crippen LogP contribution in [0.5, 0.6) is 0 Å². The van der Waals surface area contributed by atoms with E-state index in [-0.39, 0.29) is 79.1 Å². The van der Waals surface area contributed by atoms with Crippen LogP contribution in [0.25, 0.3) is 44.9 Å². The minimum absolute atomic E-state index is 0. The van der Waals surface area contributed by atoms with Gasteiger partial charge in [0.1, 0.15) is 23.3 Å². The minimum atomic E-state index is -0.465. The Bertz CT molecular complexity index is 3910. The Morgan fingerprint density at radius 2 is 1.01 bits per heavy atom. The third-order valence-corrected chi connectivity index (χ3v) is 13.3. The van der Waals surface area contributed by atoms with E-state index in [2.05, 4.69) is 56.0 Å². The number of aromatic nitrogens is 12. The summed E-state index contributed by atoms with van der Waals surface area (Å²) in [6, 6.07) is 23.7. The molecule has 2 aromatic carbocycles. The van der Waals surface area contributed by atoms with Crippen LogP contribution in [0.3, 0.4) is 0 Å². The molecule has 0 atom stereocenters. The van der Waals surface area contributed by atoms with E-state index in [1.807, 2.05) is 27.7 Å². The second-order valence-corrected chi connectivity index (χ2v) is 19.2. The molecule has 9 heterocycles. The molecule has 0 spiro atoms. The van der Waals surface area contributed by atoms with Crippen molar-refractivity contribution in [1.82, 2.24) is 58.3 Å². The average Bonchev–Trinajstić information content (AvgIpc) is 4.24. The molecule has 1 aliphatic heterocycles. The van der Waals surface area contributed by atoms with Gasteiger partial charge in [-0.25, -0.2) is 37.5 Å². The number of benzene rings is 2. The zero-order valence-corrected chi connectivity index (χ0v) is 43.2. The molecule has 0 amide bonds. The number of nitrogens with zero attached hydrogens (tertiary/aromatic N) is 12. The quantitative estimate of drug-likeness (QED) is 0.108. The number of hydrogen-bond acceptors (Lipinski definition) is 14. The molecule has 402 valence electrons. The van der Waals surface area contributed by atoms with E-state index in [9.17, 15) is 27.2 Å². The van der Waals surface area contributed by atoms with E-state index in [0.717, 1.165) is 5.46 Å². The first-order valence-corrected chi connectivity index (χ1v) is 24.1. The SMILES string of the molecule is C.C.Cn1cc(-c2c(-c3ccc(F)cc3)nc(N)n3nc(Cc4ncccc4F)nc23)ccc1=O.Cn1cc(B2OC(C)(C)C(C)(C)O2)ccc1=O.Nc1nc(-c2ccc(F)cc2)c(Br)c2nc(Cc3ncccc3F)nn12. The number of pyridine rings is 4. The number of halogens is 5. The molecule has 1 fully saturated rings. The maximum absolute atomic E-state index is 14.1. The van der Waals surface area contributed by atoms with Crippen LogP contribution in [-0.2, 0) is 36.2 Å². The second-order valence-electron chi connectivity index (χ2n) is 18.5. The van der Waals surface area contributed by atoms with Gasteiger partial charge in [0.2, 0.25) is 23.0 Å². The van der Waals surface area contributed by atoms with Crippen LogP contribution in [0.15, 0.2) is 136 Å². The van der Waals surface area contributed by atoms with Crippen molar-refractivity contribution in [3.05, 3.63) is 193 Å². The Labute approximate surface area is 454 Å². The molecular weight excluding hydrogens is 1080 g/mol. The monoisotopic (exact) mass is 1130 g/mol. The molecule has 78 heavy (non-hydrogen) atoms. The van der Waals surface area contributed by atoms with Gasteiger partial charge in [0.05, 0.1) is 56.9 Å². The highest BCUT2D eigenvalue weighted by molar-refractivity contribution is 9.10. The van der Waals surface area contributed by atoms with Crippen molar-refractivity contribution in [1.29, 1.82) is 0 Å². The van der Waals surface area contributed by atoms with E-state index in [0.29, 0.717) is 61.1 Å². The van der Waals surface area contributed by atoms with Crippen molar-refractivity contribution in [2.24, 2.45) is 14.1 Å². The zero-order chi connectivity index (χ0) is 54.2. The molecule has 18 nitrogen and oxygen atoms in total. The van der Waals surface area contributed by atoms with E-state index in [1.165, 1.54) is 91.2 Å². The summed E-state index contributed by atoms with van der Waals surface area (Å²) in [5.74, 6) is -0.812. The van der Waals surface area contributed by atoms with Gasteiger partial charge >= 0.3 is 7.12 Å². The highest BCUT2D eigenvalue weighted by atomic mass is 79.9. The normalized spacial score (nSPS) is 13.2. The van der Waals surface area contributed by atoms with Crippen LogP contribution in [0.1, 0.15) is 65.6 Å².